The van der Waals surface area contributed by atoms with E-state index in [-0.39, 0.29) is 0 Å². The molecule has 1 aromatic heterocycles. The summed E-state index contributed by atoms with van der Waals surface area (Å²) in [5.74, 6) is -2.51. The number of carboxylic acid groups (broad SMARTS) is 2. The Balaban J connectivity index is 0.000000331. The lowest BCUT2D eigenvalue weighted by atomic mass is 10.2. The Kier molecular flexibility index (Phi) is 8.75. The number of aryl methyl sites for hydroxylation is 1. The number of hydrogen-bond donors (Lipinski definition) is 3. The molecule has 1 aromatic rings. The molecule has 0 saturated heterocycles. The Morgan fingerprint density at radius 2 is 1.83 bits per heavy atom. The highest BCUT2D eigenvalue weighted by molar-refractivity contribution is 5.89. The average Bonchev–Trinajstić information content (AvgIpc) is 2.36. The van der Waals surface area contributed by atoms with Crippen molar-refractivity contribution in [3.8, 4) is 0 Å². The molecule has 0 aromatic carbocycles. The molecular formula is C12H16N2O4. The van der Waals surface area contributed by atoms with Crippen molar-refractivity contribution in [2.24, 2.45) is 5.73 Å². The van der Waals surface area contributed by atoms with Crippen LogP contribution in [-0.4, -0.2) is 33.7 Å². The third-order valence-corrected chi connectivity index (χ3v) is 1.73. The Labute approximate surface area is 105 Å². The molecular weight excluding hydrogens is 236 g/mol. The van der Waals surface area contributed by atoms with Crippen molar-refractivity contribution in [3.05, 3.63) is 42.2 Å². The Morgan fingerprint density at radius 3 is 2.22 bits per heavy atom. The maximum atomic E-state index is 9.55. The van der Waals surface area contributed by atoms with E-state index in [4.69, 9.17) is 15.9 Å². The third kappa shape index (κ3) is 10.3. The Morgan fingerprint density at radius 1 is 1.22 bits per heavy atom. The van der Waals surface area contributed by atoms with Gasteiger partial charge in [-0.2, -0.15) is 0 Å². The minimum Gasteiger partial charge on any atom is -0.478 e. The van der Waals surface area contributed by atoms with Crippen LogP contribution in [0.5, 0.6) is 0 Å². The summed E-state index contributed by atoms with van der Waals surface area (Å²) in [4.78, 5) is 23.3. The molecule has 1 heterocycles. The predicted molar refractivity (Wildman–Crippen MR) is 66.0 cm³/mol. The first-order valence-electron chi connectivity index (χ1n) is 5.30. The summed E-state index contributed by atoms with van der Waals surface area (Å²) < 4.78 is 0. The Hall–Kier alpha value is -2.21. The summed E-state index contributed by atoms with van der Waals surface area (Å²) in [6.45, 7) is 0.747. The van der Waals surface area contributed by atoms with Gasteiger partial charge in [0.05, 0.1) is 0 Å². The van der Waals surface area contributed by atoms with E-state index in [0.29, 0.717) is 12.2 Å². The van der Waals surface area contributed by atoms with Gasteiger partial charge in [-0.15, -0.1) is 0 Å². The molecule has 0 fully saturated rings. The molecule has 0 atom stereocenters. The number of nitrogens with zero attached hydrogens (tertiary/aromatic N) is 1. The number of nitrogens with two attached hydrogens (primary N) is 1. The summed E-state index contributed by atoms with van der Waals surface area (Å²) in [5, 5.41) is 15.6. The van der Waals surface area contributed by atoms with E-state index in [1.165, 1.54) is 0 Å². The maximum Gasteiger partial charge on any atom is 0.328 e. The first-order valence-corrected chi connectivity index (χ1v) is 5.30. The lowest BCUT2D eigenvalue weighted by Crippen LogP contribution is -2.00. The van der Waals surface area contributed by atoms with Gasteiger partial charge in [-0.25, -0.2) is 9.59 Å². The van der Waals surface area contributed by atoms with Crippen molar-refractivity contribution in [3.63, 3.8) is 0 Å². The maximum absolute atomic E-state index is 9.55. The van der Waals surface area contributed by atoms with Crippen LogP contribution in [0.2, 0.25) is 0 Å². The van der Waals surface area contributed by atoms with Gasteiger partial charge in [0, 0.05) is 24.0 Å². The molecule has 0 amide bonds. The summed E-state index contributed by atoms with van der Waals surface area (Å²) in [6.07, 6.45) is 4.95. The fourth-order valence-electron chi connectivity index (χ4n) is 0.972. The van der Waals surface area contributed by atoms with E-state index < -0.39 is 11.9 Å². The van der Waals surface area contributed by atoms with Gasteiger partial charge in [0.15, 0.2) is 0 Å². The van der Waals surface area contributed by atoms with Crippen molar-refractivity contribution in [1.82, 2.24) is 4.98 Å². The predicted octanol–water partition coefficient (Wildman–Crippen LogP) is 0.685. The van der Waals surface area contributed by atoms with Crippen molar-refractivity contribution < 1.29 is 19.8 Å². The van der Waals surface area contributed by atoms with Crippen LogP contribution in [-0.2, 0) is 16.0 Å². The van der Waals surface area contributed by atoms with Gasteiger partial charge in [0.1, 0.15) is 0 Å². The standard InChI is InChI=1S/C8H12N2.C4H4O4/c9-6-3-5-8-4-1-2-7-10-8;5-3(6)1-2-4(7)8/h1-2,4,7H,3,5-6,9H2;1-2H,(H,5,6)(H,7,8). The summed E-state index contributed by atoms with van der Waals surface area (Å²) >= 11 is 0. The number of carboxylic acids is 2. The summed E-state index contributed by atoms with van der Waals surface area (Å²) in [5.41, 5.74) is 6.48. The summed E-state index contributed by atoms with van der Waals surface area (Å²) in [7, 11) is 0. The minimum absolute atomic E-state index is 0.558. The molecule has 0 aliphatic rings. The van der Waals surface area contributed by atoms with Crippen LogP contribution in [0, 0.1) is 0 Å². The smallest absolute Gasteiger partial charge is 0.328 e. The highest BCUT2D eigenvalue weighted by atomic mass is 16.4. The topological polar surface area (TPSA) is 114 Å². The van der Waals surface area contributed by atoms with Crippen LogP contribution in [0.25, 0.3) is 0 Å². The molecule has 1 rings (SSSR count). The van der Waals surface area contributed by atoms with Gasteiger partial charge in [0.2, 0.25) is 0 Å². The second kappa shape index (κ2) is 9.98. The molecule has 0 bridgehead atoms. The van der Waals surface area contributed by atoms with E-state index in [2.05, 4.69) is 4.98 Å². The lowest BCUT2D eigenvalue weighted by molar-refractivity contribution is -0.134. The number of pyridine rings is 1. The van der Waals surface area contributed by atoms with E-state index in [9.17, 15) is 9.59 Å². The number of aliphatic carboxylic acids is 2. The van der Waals surface area contributed by atoms with E-state index >= 15 is 0 Å². The van der Waals surface area contributed by atoms with E-state index in [0.717, 1.165) is 25.1 Å². The molecule has 0 spiro atoms. The molecule has 98 valence electrons. The average molecular weight is 252 g/mol. The van der Waals surface area contributed by atoms with Gasteiger partial charge in [-0.1, -0.05) is 6.07 Å². The van der Waals surface area contributed by atoms with Gasteiger partial charge in [0.25, 0.3) is 0 Å². The number of hydrogen-bond acceptors (Lipinski definition) is 4. The number of rotatable bonds is 5. The summed E-state index contributed by atoms with van der Waals surface area (Å²) in [6, 6.07) is 5.94. The van der Waals surface area contributed by atoms with Crippen LogP contribution in [0.4, 0.5) is 0 Å². The molecule has 0 saturated carbocycles. The number of carbonyl (C=O) groups is 2. The molecule has 6 heteroatoms. The van der Waals surface area contributed by atoms with Crippen LogP contribution < -0.4 is 5.73 Å². The molecule has 0 aliphatic carbocycles. The fourth-order valence-corrected chi connectivity index (χ4v) is 0.972. The highest BCUT2D eigenvalue weighted by Gasteiger charge is 1.89. The van der Waals surface area contributed by atoms with Crippen molar-refractivity contribution in [2.45, 2.75) is 12.8 Å². The minimum atomic E-state index is -1.26. The molecule has 6 nitrogen and oxygen atoms in total. The van der Waals surface area contributed by atoms with Gasteiger partial charge in [-0.3, -0.25) is 4.98 Å². The van der Waals surface area contributed by atoms with Crippen molar-refractivity contribution >= 4 is 11.9 Å². The van der Waals surface area contributed by atoms with E-state index in [1.54, 1.807) is 0 Å². The second-order valence-electron chi connectivity index (χ2n) is 3.22. The number of aromatic nitrogens is 1. The second-order valence-corrected chi connectivity index (χ2v) is 3.22. The molecule has 18 heavy (non-hydrogen) atoms. The molecule has 0 radical (unpaired) electrons. The first kappa shape index (κ1) is 15.8. The monoisotopic (exact) mass is 252 g/mol. The normalized spacial score (nSPS) is 9.61. The van der Waals surface area contributed by atoms with Gasteiger partial charge < -0.3 is 15.9 Å². The largest absolute Gasteiger partial charge is 0.478 e. The zero-order valence-corrected chi connectivity index (χ0v) is 9.82. The molecule has 0 unspecified atom stereocenters. The zero-order chi connectivity index (χ0) is 13.8. The van der Waals surface area contributed by atoms with Crippen LogP contribution in [0.15, 0.2) is 36.5 Å². The van der Waals surface area contributed by atoms with Crippen LogP contribution in [0.1, 0.15) is 12.1 Å². The third-order valence-electron chi connectivity index (χ3n) is 1.73. The lowest BCUT2D eigenvalue weighted by Gasteiger charge is -1.95. The Bertz CT molecular complexity index is 374. The van der Waals surface area contributed by atoms with Crippen LogP contribution in [0.3, 0.4) is 0 Å². The van der Waals surface area contributed by atoms with Gasteiger partial charge in [-0.05, 0) is 31.5 Å². The molecule has 4 N–H and O–H groups in total. The van der Waals surface area contributed by atoms with Crippen molar-refractivity contribution in [2.75, 3.05) is 6.54 Å². The highest BCUT2D eigenvalue weighted by Crippen LogP contribution is 1.95. The van der Waals surface area contributed by atoms with Crippen LogP contribution >= 0.6 is 0 Å². The quantitative estimate of drug-likeness (QED) is 0.664. The molecule has 0 aliphatic heterocycles. The zero-order valence-electron chi connectivity index (χ0n) is 9.82. The van der Waals surface area contributed by atoms with Crippen molar-refractivity contribution in [1.29, 1.82) is 0 Å². The van der Waals surface area contributed by atoms with Gasteiger partial charge >= 0.3 is 11.9 Å². The SMILES string of the molecule is NCCCc1ccccn1.O=C(O)C=CC(=O)O. The van der Waals surface area contributed by atoms with E-state index in [1.807, 2.05) is 24.4 Å². The fraction of sp³-hybridized carbons (Fsp3) is 0.250. The first-order chi connectivity index (χ1) is 8.56.